The largest absolute Gasteiger partial charge is 0.497 e. The zero-order valence-corrected chi connectivity index (χ0v) is 19.1. The van der Waals surface area contributed by atoms with Gasteiger partial charge in [-0.25, -0.2) is 0 Å². The highest BCUT2D eigenvalue weighted by Crippen LogP contribution is 2.24. The van der Waals surface area contributed by atoms with Crippen LogP contribution in [0.2, 0.25) is 0 Å². The minimum absolute atomic E-state index is 0.0238. The van der Waals surface area contributed by atoms with Gasteiger partial charge < -0.3 is 33.2 Å². The first-order chi connectivity index (χ1) is 15.3. The molecule has 1 aliphatic rings. The molecule has 2 amide bonds. The van der Waals surface area contributed by atoms with Gasteiger partial charge in [-0.1, -0.05) is 0 Å². The molecule has 9 heteroatoms. The summed E-state index contributed by atoms with van der Waals surface area (Å²) in [4.78, 5) is 29.0. The Morgan fingerprint density at radius 2 is 1.75 bits per heavy atom. The van der Waals surface area contributed by atoms with Crippen molar-refractivity contribution in [3.05, 3.63) is 41.7 Å². The fraction of sp³-hybridized carbons (Fsp3) is 0.478. The van der Waals surface area contributed by atoms with Crippen LogP contribution in [0.4, 0.5) is 0 Å². The number of benzene rings is 1. The molecule has 1 aromatic carbocycles. The van der Waals surface area contributed by atoms with Crippen LogP contribution in [0.3, 0.4) is 0 Å². The van der Waals surface area contributed by atoms with E-state index < -0.39 is 0 Å². The maximum Gasteiger partial charge on any atom is 0.290 e. The van der Waals surface area contributed by atoms with E-state index >= 15 is 0 Å². The first-order valence-electron chi connectivity index (χ1n) is 10.4. The maximum atomic E-state index is 13.0. The molecule has 1 aromatic heterocycles. The van der Waals surface area contributed by atoms with Gasteiger partial charge in [0.25, 0.3) is 11.9 Å². The van der Waals surface area contributed by atoms with E-state index in [1.165, 1.54) is 18.1 Å². The number of carbonyl (C=O) groups is 2. The molecule has 0 spiro atoms. The van der Waals surface area contributed by atoms with Gasteiger partial charge in [-0.2, -0.15) is 0 Å². The number of amides is 2. The number of nitrogens with zero attached hydrogens (tertiary/aromatic N) is 2. The number of carbonyl (C=O) groups excluding carboxylic acids is 2. The lowest BCUT2D eigenvalue weighted by atomic mass is 10.2. The molecule has 174 valence electrons. The molecule has 1 atom stereocenters. The normalized spacial score (nSPS) is 16.8. The van der Waals surface area contributed by atoms with Crippen LogP contribution in [-0.2, 0) is 16.1 Å². The van der Waals surface area contributed by atoms with Gasteiger partial charge in [0.1, 0.15) is 18.0 Å². The summed E-state index contributed by atoms with van der Waals surface area (Å²) >= 11 is 0. The van der Waals surface area contributed by atoms with Gasteiger partial charge in [0.2, 0.25) is 5.91 Å². The Balaban J connectivity index is 1.78. The lowest BCUT2D eigenvalue weighted by Gasteiger charge is -2.27. The Hall–Kier alpha value is -3.20. The molecule has 1 saturated heterocycles. The standard InChI is InChI=1S/C23H30N2O7/c1-15(2)25-12-19(31-14-16-8-17(28-3)10-18(9-16)29-4)11-24(13-21(25)26)23(27)20-6-7-22(30-5)32-20/h6-10,15,19H,11-14H2,1-5H3. The number of furan rings is 1. The third-order valence-electron chi connectivity index (χ3n) is 5.27. The van der Waals surface area contributed by atoms with Crippen molar-refractivity contribution in [2.75, 3.05) is 41.0 Å². The number of methoxy groups -OCH3 is 3. The second-order valence-electron chi connectivity index (χ2n) is 7.80. The average molecular weight is 447 g/mol. The summed E-state index contributed by atoms with van der Waals surface area (Å²) in [5.41, 5.74) is 0.863. The zero-order valence-electron chi connectivity index (χ0n) is 19.1. The molecule has 0 radical (unpaired) electrons. The molecule has 32 heavy (non-hydrogen) atoms. The topological polar surface area (TPSA) is 90.7 Å². The van der Waals surface area contributed by atoms with Crippen molar-refractivity contribution in [1.82, 2.24) is 9.80 Å². The number of ether oxygens (including phenoxy) is 4. The fourth-order valence-corrected chi connectivity index (χ4v) is 3.57. The lowest BCUT2D eigenvalue weighted by Crippen LogP contribution is -2.42. The number of hydrogen-bond donors (Lipinski definition) is 0. The molecule has 0 N–H and O–H groups in total. The molecule has 0 bridgehead atoms. The Labute approximate surface area is 187 Å². The molecule has 2 aromatic rings. The zero-order chi connectivity index (χ0) is 23.3. The van der Waals surface area contributed by atoms with Gasteiger partial charge in [-0.15, -0.1) is 0 Å². The van der Waals surface area contributed by atoms with Crippen LogP contribution >= 0.6 is 0 Å². The minimum Gasteiger partial charge on any atom is -0.497 e. The molecule has 3 rings (SSSR count). The van der Waals surface area contributed by atoms with Crippen LogP contribution in [0.1, 0.15) is 30.0 Å². The van der Waals surface area contributed by atoms with E-state index in [1.54, 1.807) is 31.3 Å². The highest BCUT2D eigenvalue weighted by Gasteiger charge is 2.33. The van der Waals surface area contributed by atoms with Crippen molar-refractivity contribution in [1.29, 1.82) is 0 Å². The van der Waals surface area contributed by atoms with E-state index in [0.717, 1.165) is 5.56 Å². The van der Waals surface area contributed by atoms with Crippen LogP contribution in [0.5, 0.6) is 17.4 Å². The summed E-state index contributed by atoms with van der Waals surface area (Å²) in [6, 6.07) is 8.59. The predicted molar refractivity (Wildman–Crippen MR) is 116 cm³/mol. The number of rotatable bonds is 8. The predicted octanol–water partition coefficient (Wildman–Crippen LogP) is 2.58. The van der Waals surface area contributed by atoms with Crippen LogP contribution in [-0.4, -0.2) is 74.7 Å². The lowest BCUT2D eigenvalue weighted by molar-refractivity contribution is -0.133. The van der Waals surface area contributed by atoms with Crippen molar-refractivity contribution in [3.8, 4) is 17.4 Å². The van der Waals surface area contributed by atoms with Crippen LogP contribution in [0.25, 0.3) is 0 Å². The molecule has 2 heterocycles. The molecule has 1 aliphatic heterocycles. The second-order valence-corrected chi connectivity index (χ2v) is 7.80. The Morgan fingerprint density at radius 3 is 2.31 bits per heavy atom. The van der Waals surface area contributed by atoms with E-state index in [2.05, 4.69) is 0 Å². The highest BCUT2D eigenvalue weighted by atomic mass is 16.6. The summed E-state index contributed by atoms with van der Waals surface area (Å²) in [5.74, 6) is 1.14. The molecular formula is C23H30N2O7. The number of hydrogen-bond acceptors (Lipinski definition) is 7. The first kappa shape index (κ1) is 23.5. The molecule has 1 fully saturated rings. The molecule has 9 nitrogen and oxygen atoms in total. The van der Waals surface area contributed by atoms with E-state index in [4.69, 9.17) is 23.4 Å². The van der Waals surface area contributed by atoms with Crippen LogP contribution in [0.15, 0.2) is 34.7 Å². The molecule has 1 unspecified atom stereocenters. The van der Waals surface area contributed by atoms with Gasteiger partial charge in [0.15, 0.2) is 5.76 Å². The Morgan fingerprint density at radius 1 is 1.06 bits per heavy atom. The van der Waals surface area contributed by atoms with E-state index in [0.29, 0.717) is 18.0 Å². The third kappa shape index (κ3) is 5.53. The van der Waals surface area contributed by atoms with E-state index in [-0.39, 0.29) is 55.4 Å². The second kappa shape index (κ2) is 10.4. The molecule has 0 aliphatic carbocycles. The minimum atomic E-state index is -0.387. The molecular weight excluding hydrogens is 416 g/mol. The summed E-state index contributed by atoms with van der Waals surface area (Å²) in [6.45, 7) is 4.73. The SMILES string of the molecule is COc1cc(COC2CN(C(=O)c3ccc(OC)o3)CC(=O)N(C(C)C)C2)cc(OC)c1. The van der Waals surface area contributed by atoms with Crippen molar-refractivity contribution >= 4 is 11.8 Å². The average Bonchev–Trinajstić information content (AvgIpc) is 3.21. The summed E-state index contributed by atoms with van der Waals surface area (Å²) in [5, 5.41) is 0. The monoisotopic (exact) mass is 446 g/mol. The van der Waals surface area contributed by atoms with E-state index in [9.17, 15) is 9.59 Å². The fourth-order valence-electron chi connectivity index (χ4n) is 3.57. The summed E-state index contributed by atoms with van der Waals surface area (Å²) in [6.07, 6.45) is -0.387. The Kier molecular flexibility index (Phi) is 7.63. The van der Waals surface area contributed by atoms with Crippen LogP contribution < -0.4 is 14.2 Å². The quantitative estimate of drug-likeness (QED) is 0.616. The highest BCUT2D eigenvalue weighted by molar-refractivity contribution is 5.94. The maximum absolute atomic E-state index is 13.0. The first-order valence-corrected chi connectivity index (χ1v) is 10.4. The van der Waals surface area contributed by atoms with Gasteiger partial charge in [0, 0.05) is 31.3 Å². The van der Waals surface area contributed by atoms with Crippen molar-refractivity contribution < 1.29 is 33.0 Å². The van der Waals surface area contributed by atoms with Crippen molar-refractivity contribution in [2.45, 2.75) is 32.6 Å². The van der Waals surface area contributed by atoms with E-state index in [1.807, 2.05) is 26.0 Å². The van der Waals surface area contributed by atoms with Gasteiger partial charge in [-0.3, -0.25) is 9.59 Å². The Bertz CT molecular complexity index is 918. The van der Waals surface area contributed by atoms with Gasteiger partial charge in [0.05, 0.1) is 34.0 Å². The van der Waals surface area contributed by atoms with Gasteiger partial charge in [-0.05, 0) is 37.6 Å². The van der Waals surface area contributed by atoms with Crippen molar-refractivity contribution in [2.24, 2.45) is 0 Å². The van der Waals surface area contributed by atoms with Crippen molar-refractivity contribution in [3.63, 3.8) is 0 Å². The van der Waals surface area contributed by atoms with Crippen LogP contribution in [0, 0.1) is 0 Å². The molecule has 0 saturated carbocycles. The van der Waals surface area contributed by atoms with Gasteiger partial charge >= 0.3 is 0 Å². The summed E-state index contributed by atoms with van der Waals surface area (Å²) in [7, 11) is 4.63. The third-order valence-corrected chi connectivity index (χ3v) is 5.27. The smallest absolute Gasteiger partial charge is 0.290 e. The summed E-state index contributed by atoms with van der Waals surface area (Å²) < 4.78 is 27.2.